The quantitative estimate of drug-likeness (QED) is 0.915. The number of hydrogen-bond acceptors (Lipinski definition) is 2. The Hall–Kier alpha value is -1.87. The molecule has 2 nitrogen and oxygen atoms in total. The summed E-state index contributed by atoms with van der Waals surface area (Å²) >= 11 is 0. The number of rotatable bonds is 4. The van der Waals surface area contributed by atoms with E-state index in [4.69, 9.17) is 4.74 Å². The van der Waals surface area contributed by atoms with E-state index in [9.17, 15) is 4.39 Å². The van der Waals surface area contributed by atoms with Crippen LogP contribution in [0.3, 0.4) is 0 Å². The van der Waals surface area contributed by atoms with Crippen LogP contribution in [-0.2, 0) is 0 Å². The van der Waals surface area contributed by atoms with Gasteiger partial charge in [0.2, 0.25) is 0 Å². The Morgan fingerprint density at radius 3 is 2.45 bits per heavy atom. The number of aryl methyl sites for hydroxylation is 2. The van der Waals surface area contributed by atoms with Gasteiger partial charge in [-0.2, -0.15) is 0 Å². The minimum atomic E-state index is -0.167. The third-order valence-electron chi connectivity index (χ3n) is 3.57. The molecule has 106 valence electrons. The average molecular weight is 273 g/mol. The average Bonchev–Trinajstić information content (AvgIpc) is 2.44. The molecule has 0 aliphatic carbocycles. The molecule has 20 heavy (non-hydrogen) atoms. The van der Waals surface area contributed by atoms with Crippen LogP contribution in [0.2, 0.25) is 0 Å². The van der Waals surface area contributed by atoms with Gasteiger partial charge in [0.1, 0.15) is 11.6 Å². The van der Waals surface area contributed by atoms with Crippen LogP contribution >= 0.6 is 0 Å². The van der Waals surface area contributed by atoms with Gasteiger partial charge in [0.15, 0.2) is 0 Å². The molecule has 1 atom stereocenters. The second-order valence-corrected chi connectivity index (χ2v) is 4.93. The molecule has 0 fully saturated rings. The van der Waals surface area contributed by atoms with Crippen molar-refractivity contribution in [2.45, 2.75) is 19.9 Å². The van der Waals surface area contributed by atoms with E-state index < -0.39 is 0 Å². The Kier molecular flexibility index (Phi) is 4.40. The first kappa shape index (κ1) is 14.5. The van der Waals surface area contributed by atoms with Crippen LogP contribution in [0, 0.1) is 19.7 Å². The minimum Gasteiger partial charge on any atom is -0.496 e. The normalized spacial score (nSPS) is 12.2. The summed E-state index contributed by atoms with van der Waals surface area (Å²) in [7, 11) is 3.49. The molecular formula is C17H20FNO. The van der Waals surface area contributed by atoms with Crippen molar-refractivity contribution in [3.05, 3.63) is 64.5 Å². The maximum atomic E-state index is 14.3. The molecule has 0 aromatic heterocycles. The predicted octanol–water partition coefficient (Wildman–Crippen LogP) is 3.76. The third-order valence-corrected chi connectivity index (χ3v) is 3.57. The van der Waals surface area contributed by atoms with Crippen molar-refractivity contribution in [1.29, 1.82) is 0 Å². The second kappa shape index (κ2) is 6.06. The Labute approximate surface area is 119 Å². The molecule has 0 saturated heterocycles. The Morgan fingerprint density at radius 2 is 1.85 bits per heavy atom. The zero-order valence-electron chi connectivity index (χ0n) is 12.3. The van der Waals surface area contributed by atoms with E-state index in [1.54, 1.807) is 20.1 Å². The van der Waals surface area contributed by atoms with Crippen LogP contribution < -0.4 is 10.1 Å². The summed E-state index contributed by atoms with van der Waals surface area (Å²) in [4.78, 5) is 0. The van der Waals surface area contributed by atoms with Gasteiger partial charge >= 0.3 is 0 Å². The lowest BCUT2D eigenvalue weighted by molar-refractivity contribution is 0.411. The van der Waals surface area contributed by atoms with E-state index in [0.717, 1.165) is 16.9 Å². The Bertz CT molecular complexity index is 610. The van der Waals surface area contributed by atoms with E-state index in [1.807, 2.05) is 44.3 Å². The fourth-order valence-electron chi connectivity index (χ4n) is 2.48. The maximum absolute atomic E-state index is 14.3. The molecule has 2 aromatic carbocycles. The molecule has 2 aromatic rings. The molecule has 0 saturated carbocycles. The fraction of sp³-hybridized carbons (Fsp3) is 0.294. The molecule has 0 heterocycles. The van der Waals surface area contributed by atoms with Crippen molar-refractivity contribution in [1.82, 2.24) is 5.32 Å². The molecule has 0 aliphatic heterocycles. The Balaban J connectivity index is 2.47. The number of methoxy groups -OCH3 is 1. The Morgan fingerprint density at radius 1 is 1.10 bits per heavy atom. The van der Waals surface area contributed by atoms with Gasteiger partial charge < -0.3 is 10.1 Å². The first-order chi connectivity index (χ1) is 9.58. The highest BCUT2D eigenvalue weighted by molar-refractivity contribution is 5.41. The summed E-state index contributed by atoms with van der Waals surface area (Å²) in [5.41, 5.74) is 3.39. The topological polar surface area (TPSA) is 21.3 Å². The van der Waals surface area contributed by atoms with E-state index in [-0.39, 0.29) is 11.9 Å². The predicted molar refractivity (Wildman–Crippen MR) is 79.8 cm³/mol. The second-order valence-electron chi connectivity index (χ2n) is 4.93. The SMILES string of the molecule is CNC(c1ccc(OC)c(C)c1)c1cccc(C)c1F. The van der Waals surface area contributed by atoms with E-state index in [1.165, 1.54) is 0 Å². The first-order valence-electron chi connectivity index (χ1n) is 6.65. The van der Waals surface area contributed by atoms with Crippen molar-refractivity contribution in [3.8, 4) is 5.75 Å². The van der Waals surface area contributed by atoms with Gasteiger partial charge in [0.05, 0.1) is 13.2 Å². The monoisotopic (exact) mass is 273 g/mol. The molecule has 3 heteroatoms. The zero-order valence-corrected chi connectivity index (χ0v) is 12.3. The number of nitrogens with one attached hydrogen (secondary N) is 1. The molecule has 0 aliphatic rings. The molecule has 2 rings (SSSR count). The van der Waals surface area contributed by atoms with Gasteiger partial charge in [-0.05, 0) is 43.7 Å². The summed E-state index contributed by atoms with van der Waals surface area (Å²) in [6, 6.07) is 11.2. The molecule has 0 amide bonds. The fourth-order valence-corrected chi connectivity index (χ4v) is 2.48. The van der Waals surface area contributed by atoms with Crippen molar-refractivity contribution in [2.24, 2.45) is 0 Å². The van der Waals surface area contributed by atoms with Crippen LogP contribution in [0.15, 0.2) is 36.4 Å². The van der Waals surface area contributed by atoms with Gasteiger partial charge in [-0.25, -0.2) is 4.39 Å². The van der Waals surface area contributed by atoms with Gasteiger partial charge in [-0.3, -0.25) is 0 Å². The molecule has 0 bridgehead atoms. The van der Waals surface area contributed by atoms with Crippen molar-refractivity contribution in [2.75, 3.05) is 14.2 Å². The minimum absolute atomic E-state index is 0.152. The van der Waals surface area contributed by atoms with Crippen LogP contribution in [-0.4, -0.2) is 14.2 Å². The summed E-state index contributed by atoms with van der Waals surface area (Å²) in [5, 5.41) is 3.19. The summed E-state index contributed by atoms with van der Waals surface area (Å²) in [5.74, 6) is 0.689. The maximum Gasteiger partial charge on any atom is 0.131 e. The summed E-state index contributed by atoms with van der Waals surface area (Å²) < 4.78 is 19.6. The lowest BCUT2D eigenvalue weighted by Gasteiger charge is -2.20. The van der Waals surface area contributed by atoms with E-state index >= 15 is 0 Å². The molecule has 1 N–H and O–H groups in total. The highest BCUT2D eigenvalue weighted by atomic mass is 19.1. The number of ether oxygens (including phenoxy) is 1. The van der Waals surface area contributed by atoms with Crippen LogP contribution in [0.4, 0.5) is 4.39 Å². The van der Waals surface area contributed by atoms with Gasteiger partial charge in [-0.1, -0.05) is 30.3 Å². The highest BCUT2D eigenvalue weighted by Crippen LogP contribution is 2.28. The van der Waals surface area contributed by atoms with Crippen LogP contribution in [0.5, 0.6) is 5.75 Å². The number of halogens is 1. The molecule has 0 spiro atoms. The van der Waals surface area contributed by atoms with E-state index in [0.29, 0.717) is 11.1 Å². The van der Waals surface area contributed by atoms with Crippen molar-refractivity contribution in [3.63, 3.8) is 0 Å². The standard InChI is InChI=1S/C17H20FNO/c1-11-6-5-7-14(16(11)18)17(19-3)13-8-9-15(20-4)12(2)10-13/h5-10,17,19H,1-4H3. The largest absolute Gasteiger partial charge is 0.496 e. The zero-order chi connectivity index (χ0) is 14.7. The highest BCUT2D eigenvalue weighted by Gasteiger charge is 2.17. The van der Waals surface area contributed by atoms with Crippen molar-refractivity contribution >= 4 is 0 Å². The number of benzene rings is 2. The summed E-state index contributed by atoms with van der Waals surface area (Å²) in [6.07, 6.45) is 0. The van der Waals surface area contributed by atoms with Gasteiger partial charge in [-0.15, -0.1) is 0 Å². The molecular weight excluding hydrogens is 253 g/mol. The summed E-state index contributed by atoms with van der Waals surface area (Å²) in [6.45, 7) is 3.77. The van der Waals surface area contributed by atoms with Gasteiger partial charge in [0, 0.05) is 5.56 Å². The lowest BCUT2D eigenvalue weighted by atomic mass is 9.95. The first-order valence-corrected chi connectivity index (χ1v) is 6.65. The van der Waals surface area contributed by atoms with Crippen LogP contribution in [0.1, 0.15) is 28.3 Å². The smallest absolute Gasteiger partial charge is 0.131 e. The number of hydrogen-bond donors (Lipinski definition) is 1. The van der Waals surface area contributed by atoms with Crippen LogP contribution in [0.25, 0.3) is 0 Å². The van der Waals surface area contributed by atoms with Gasteiger partial charge in [0.25, 0.3) is 0 Å². The van der Waals surface area contributed by atoms with E-state index in [2.05, 4.69) is 5.32 Å². The third kappa shape index (κ3) is 2.68. The molecule has 0 radical (unpaired) electrons. The lowest BCUT2D eigenvalue weighted by Crippen LogP contribution is -2.19. The van der Waals surface area contributed by atoms with Crippen molar-refractivity contribution < 1.29 is 9.13 Å². The molecule has 1 unspecified atom stereocenters.